The summed E-state index contributed by atoms with van der Waals surface area (Å²) in [4.78, 5) is 29.6. The zero-order valence-corrected chi connectivity index (χ0v) is 11.3. The van der Waals surface area contributed by atoms with Crippen LogP contribution in [0.2, 0.25) is 0 Å². The van der Waals surface area contributed by atoms with E-state index in [1.54, 1.807) is 25.1 Å². The number of carbonyl (C=O) groups excluding carboxylic acids is 2. The van der Waals surface area contributed by atoms with Crippen molar-refractivity contribution >= 4 is 23.5 Å². The van der Waals surface area contributed by atoms with Crippen molar-refractivity contribution in [3.05, 3.63) is 35.5 Å². The molecule has 1 aromatic heterocycles. The van der Waals surface area contributed by atoms with E-state index in [1.165, 1.54) is 4.90 Å². The maximum atomic E-state index is 12.1. The summed E-state index contributed by atoms with van der Waals surface area (Å²) in [6, 6.07) is 5.54. The zero-order chi connectivity index (χ0) is 14.3. The van der Waals surface area contributed by atoms with Crippen LogP contribution in [0.4, 0.5) is 5.82 Å². The monoisotopic (exact) mass is 270 g/mol. The Labute approximate surface area is 116 Å². The molecule has 3 heterocycles. The summed E-state index contributed by atoms with van der Waals surface area (Å²) in [7, 11) is 0. The van der Waals surface area contributed by atoms with Crippen LogP contribution < -0.4 is 5.01 Å². The molecular weight excluding hydrogens is 256 g/mol. The zero-order valence-electron chi connectivity index (χ0n) is 11.3. The molecule has 2 aliphatic heterocycles. The molecule has 0 aromatic carbocycles. The van der Waals surface area contributed by atoms with Gasteiger partial charge >= 0.3 is 0 Å². The molecule has 0 bridgehead atoms. The number of amidine groups is 1. The lowest BCUT2D eigenvalue weighted by molar-refractivity contribution is -0.132. The summed E-state index contributed by atoms with van der Waals surface area (Å²) >= 11 is 0. The highest BCUT2D eigenvalue weighted by Crippen LogP contribution is 2.24. The number of hydrazone groups is 1. The Morgan fingerprint density at radius 3 is 2.40 bits per heavy atom. The van der Waals surface area contributed by atoms with Crippen LogP contribution in [0.5, 0.6) is 0 Å². The highest BCUT2D eigenvalue weighted by molar-refractivity contribution is 6.28. The third-order valence-corrected chi connectivity index (χ3v) is 3.57. The first-order valence-corrected chi connectivity index (χ1v) is 6.42. The van der Waals surface area contributed by atoms with Gasteiger partial charge in [-0.05, 0) is 26.0 Å². The molecule has 0 aliphatic carbocycles. The van der Waals surface area contributed by atoms with Crippen molar-refractivity contribution in [1.29, 1.82) is 0 Å². The maximum absolute atomic E-state index is 12.1. The SMILES string of the molecule is CC1=C(C)C(=O)N(C2=NN(c3ccccn3)CC2)C1=O. The molecule has 0 spiro atoms. The van der Waals surface area contributed by atoms with Crippen LogP contribution in [0.15, 0.2) is 40.6 Å². The molecular formula is C14H14N4O2. The molecule has 0 saturated carbocycles. The third-order valence-electron chi connectivity index (χ3n) is 3.57. The van der Waals surface area contributed by atoms with Crippen LogP contribution >= 0.6 is 0 Å². The first-order valence-electron chi connectivity index (χ1n) is 6.42. The first-order chi connectivity index (χ1) is 9.59. The van der Waals surface area contributed by atoms with Gasteiger partial charge in [-0.2, -0.15) is 5.10 Å². The number of carbonyl (C=O) groups is 2. The molecule has 2 amide bonds. The van der Waals surface area contributed by atoms with Gasteiger partial charge < -0.3 is 0 Å². The van der Waals surface area contributed by atoms with E-state index >= 15 is 0 Å². The number of pyridine rings is 1. The second kappa shape index (κ2) is 4.56. The second-order valence-corrected chi connectivity index (χ2v) is 4.77. The molecule has 20 heavy (non-hydrogen) atoms. The predicted molar refractivity (Wildman–Crippen MR) is 73.9 cm³/mol. The highest BCUT2D eigenvalue weighted by atomic mass is 16.2. The van der Waals surface area contributed by atoms with Crippen molar-refractivity contribution in [1.82, 2.24) is 9.88 Å². The number of nitrogens with zero attached hydrogens (tertiary/aromatic N) is 4. The molecule has 6 heteroatoms. The standard InChI is InChI=1S/C14H14N4O2/c1-9-10(2)14(20)18(13(9)19)12-6-8-17(16-12)11-5-3-4-7-15-11/h3-5,7H,6,8H2,1-2H3. The van der Waals surface area contributed by atoms with Crippen LogP contribution in [-0.4, -0.2) is 34.1 Å². The minimum absolute atomic E-state index is 0.269. The highest BCUT2D eigenvalue weighted by Gasteiger charge is 2.38. The number of aromatic nitrogens is 1. The molecule has 6 nitrogen and oxygen atoms in total. The Hall–Kier alpha value is -2.50. The van der Waals surface area contributed by atoms with Gasteiger partial charge in [-0.15, -0.1) is 0 Å². The summed E-state index contributed by atoms with van der Waals surface area (Å²) in [6.07, 6.45) is 2.24. The van der Waals surface area contributed by atoms with Gasteiger partial charge in [0.15, 0.2) is 0 Å². The molecule has 1 aromatic rings. The lowest BCUT2D eigenvalue weighted by atomic mass is 10.2. The fraction of sp³-hybridized carbons (Fsp3) is 0.286. The van der Waals surface area contributed by atoms with Crippen molar-refractivity contribution in [2.24, 2.45) is 5.10 Å². The summed E-state index contributed by atoms with van der Waals surface area (Å²) < 4.78 is 0. The Morgan fingerprint density at radius 2 is 1.80 bits per heavy atom. The number of hydrogen-bond donors (Lipinski definition) is 0. The van der Waals surface area contributed by atoms with Crippen LogP contribution in [0.25, 0.3) is 0 Å². The predicted octanol–water partition coefficient (Wildman–Crippen LogP) is 1.31. The van der Waals surface area contributed by atoms with Gasteiger partial charge in [0, 0.05) is 23.8 Å². The van der Waals surface area contributed by atoms with E-state index in [9.17, 15) is 9.59 Å². The summed E-state index contributed by atoms with van der Waals surface area (Å²) in [6.45, 7) is 3.95. The van der Waals surface area contributed by atoms with Gasteiger partial charge in [-0.3, -0.25) is 9.59 Å². The number of anilines is 1. The quantitative estimate of drug-likeness (QED) is 0.722. The minimum atomic E-state index is -0.269. The van der Waals surface area contributed by atoms with Gasteiger partial charge in [-0.1, -0.05) is 6.07 Å². The smallest absolute Gasteiger partial charge is 0.262 e. The van der Waals surface area contributed by atoms with E-state index in [0.29, 0.717) is 35.8 Å². The molecule has 3 rings (SSSR count). The van der Waals surface area contributed by atoms with E-state index in [2.05, 4.69) is 10.1 Å². The summed E-state index contributed by atoms with van der Waals surface area (Å²) in [5.41, 5.74) is 0.989. The van der Waals surface area contributed by atoms with Crippen LogP contribution in [0.3, 0.4) is 0 Å². The van der Waals surface area contributed by atoms with Gasteiger partial charge in [0.2, 0.25) is 0 Å². The first kappa shape index (κ1) is 12.5. The fourth-order valence-corrected chi connectivity index (χ4v) is 2.26. The van der Waals surface area contributed by atoms with Crippen molar-refractivity contribution in [3.8, 4) is 0 Å². The minimum Gasteiger partial charge on any atom is -0.269 e. The van der Waals surface area contributed by atoms with E-state index < -0.39 is 0 Å². The van der Waals surface area contributed by atoms with Gasteiger partial charge in [-0.25, -0.2) is 14.9 Å². The van der Waals surface area contributed by atoms with Crippen molar-refractivity contribution in [3.63, 3.8) is 0 Å². The Balaban J connectivity index is 1.87. The van der Waals surface area contributed by atoms with Crippen molar-refractivity contribution in [2.75, 3.05) is 11.6 Å². The van der Waals surface area contributed by atoms with E-state index in [-0.39, 0.29) is 11.8 Å². The fourth-order valence-electron chi connectivity index (χ4n) is 2.26. The van der Waals surface area contributed by atoms with Gasteiger partial charge in [0.25, 0.3) is 11.8 Å². The van der Waals surface area contributed by atoms with E-state index in [0.717, 1.165) is 0 Å². The summed E-state index contributed by atoms with van der Waals surface area (Å²) in [5.74, 6) is 0.660. The molecule has 0 N–H and O–H groups in total. The van der Waals surface area contributed by atoms with Crippen LogP contribution in [0, 0.1) is 0 Å². The molecule has 0 radical (unpaired) electrons. The number of hydrogen-bond acceptors (Lipinski definition) is 5. The van der Waals surface area contributed by atoms with E-state index in [4.69, 9.17) is 0 Å². The molecule has 0 unspecified atom stereocenters. The Morgan fingerprint density at radius 1 is 1.10 bits per heavy atom. The van der Waals surface area contributed by atoms with Crippen LogP contribution in [-0.2, 0) is 9.59 Å². The van der Waals surface area contributed by atoms with Crippen molar-refractivity contribution < 1.29 is 9.59 Å². The normalized spacial score (nSPS) is 19.2. The molecule has 0 atom stereocenters. The number of amides is 2. The Bertz CT molecular complexity index is 624. The average Bonchev–Trinajstić information content (AvgIpc) is 3.02. The second-order valence-electron chi connectivity index (χ2n) is 4.77. The maximum Gasteiger partial charge on any atom is 0.262 e. The molecule has 102 valence electrons. The van der Waals surface area contributed by atoms with Gasteiger partial charge in [0.05, 0.1) is 6.54 Å². The van der Waals surface area contributed by atoms with Crippen LogP contribution in [0.1, 0.15) is 20.3 Å². The molecule has 0 fully saturated rings. The largest absolute Gasteiger partial charge is 0.269 e. The Kier molecular flexibility index (Phi) is 2.85. The third kappa shape index (κ3) is 1.80. The van der Waals surface area contributed by atoms with E-state index in [1.807, 2.05) is 18.2 Å². The number of imide groups is 1. The topological polar surface area (TPSA) is 65.9 Å². The molecule has 2 aliphatic rings. The van der Waals surface area contributed by atoms with Gasteiger partial charge in [0.1, 0.15) is 11.7 Å². The molecule has 0 saturated heterocycles. The lowest BCUT2D eigenvalue weighted by Gasteiger charge is -2.13. The lowest BCUT2D eigenvalue weighted by Crippen LogP contribution is -2.36. The number of rotatable bonds is 1. The summed E-state index contributed by atoms with van der Waals surface area (Å²) in [5, 5.41) is 6.06. The van der Waals surface area contributed by atoms with Crippen molar-refractivity contribution in [2.45, 2.75) is 20.3 Å². The average molecular weight is 270 g/mol.